The smallest absolute Gasteiger partial charge is 0.429 e. The molecule has 0 amide bonds. The molecule has 1 heterocycles. The maximum absolute atomic E-state index is 14.2. The first kappa shape index (κ1) is 26.6. The Morgan fingerprint density at radius 2 is 1.45 bits per heavy atom. The van der Waals surface area contributed by atoms with Crippen LogP contribution in [0.15, 0.2) is 29.3 Å². The van der Waals surface area contributed by atoms with Crippen molar-refractivity contribution in [1.29, 1.82) is 0 Å². The van der Waals surface area contributed by atoms with Crippen LogP contribution in [0.4, 0.5) is 32.0 Å². The zero-order chi connectivity index (χ0) is 25.5. The van der Waals surface area contributed by atoms with E-state index in [1.165, 1.54) is 12.1 Å². The maximum atomic E-state index is 14.2. The zero-order valence-electron chi connectivity index (χ0n) is 17.7. The number of benzene rings is 1. The summed E-state index contributed by atoms with van der Waals surface area (Å²) in [5, 5.41) is 21.1. The van der Waals surface area contributed by atoms with E-state index >= 15 is 0 Å². The van der Waals surface area contributed by atoms with Gasteiger partial charge in [-0.05, 0) is 32.4 Å². The Morgan fingerprint density at radius 3 is 1.94 bits per heavy atom. The van der Waals surface area contributed by atoms with Crippen molar-refractivity contribution in [2.75, 3.05) is 13.2 Å². The summed E-state index contributed by atoms with van der Waals surface area (Å²) in [6, 6.07) is 4.70. The molecule has 0 radical (unpaired) electrons. The first-order chi connectivity index (χ1) is 15.0. The summed E-state index contributed by atoms with van der Waals surface area (Å²) in [7, 11) is 0. The molecule has 0 aromatic heterocycles. The second-order valence-electron chi connectivity index (χ2n) is 7.38. The molecule has 0 fully saturated rings. The van der Waals surface area contributed by atoms with Gasteiger partial charge in [0.05, 0.1) is 24.3 Å². The highest BCUT2D eigenvalue weighted by atomic mass is 19.4. The lowest BCUT2D eigenvalue weighted by molar-refractivity contribution is -0.276. The number of rotatable bonds is 7. The largest absolute Gasteiger partial charge is 0.464 e. The molecule has 0 spiro atoms. The average Bonchev–Trinajstić information content (AvgIpc) is 2.98. The summed E-state index contributed by atoms with van der Waals surface area (Å²) in [5.74, 6) is -4.36. The molecular formula is C20H21F6NO6. The number of aliphatic hydroxyl groups is 2. The van der Waals surface area contributed by atoms with Crippen LogP contribution in [0.1, 0.15) is 32.8 Å². The van der Waals surface area contributed by atoms with E-state index in [1.807, 2.05) is 0 Å². The number of fused-ring (bicyclic) bond motifs is 1. The molecule has 7 nitrogen and oxygen atoms in total. The van der Waals surface area contributed by atoms with E-state index in [0.29, 0.717) is 6.92 Å². The van der Waals surface area contributed by atoms with Crippen LogP contribution < -0.4 is 0 Å². The van der Waals surface area contributed by atoms with Crippen molar-refractivity contribution in [3.05, 3.63) is 29.8 Å². The predicted octanol–water partition coefficient (Wildman–Crippen LogP) is 3.13. The summed E-state index contributed by atoms with van der Waals surface area (Å²) in [5.41, 5.74) is -13.6. The number of carbonyl (C=O) groups is 2. The minimum Gasteiger partial charge on any atom is -0.464 e. The van der Waals surface area contributed by atoms with Crippen LogP contribution in [0, 0.1) is 0 Å². The van der Waals surface area contributed by atoms with E-state index in [1.54, 1.807) is 0 Å². The molecule has 2 unspecified atom stereocenters. The van der Waals surface area contributed by atoms with Crippen LogP contribution in [-0.2, 0) is 24.5 Å². The Balaban J connectivity index is 2.82. The van der Waals surface area contributed by atoms with Crippen molar-refractivity contribution in [2.24, 2.45) is 4.99 Å². The van der Waals surface area contributed by atoms with Gasteiger partial charge in [0.25, 0.3) is 11.2 Å². The number of halogens is 6. The first-order valence-corrected chi connectivity index (χ1v) is 9.62. The number of alkyl halides is 6. The minimum absolute atomic E-state index is 0.296. The molecule has 184 valence electrons. The lowest BCUT2D eigenvalue weighted by atomic mass is 9.64. The van der Waals surface area contributed by atoms with E-state index in [9.17, 15) is 46.1 Å². The van der Waals surface area contributed by atoms with E-state index < -0.39 is 71.8 Å². The molecule has 13 heteroatoms. The Kier molecular flexibility index (Phi) is 6.92. The number of nitrogens with zero attached hydrogens (tertiary/aromatic N) is 1. The molecule has 1 aliphatic heterocycles. The lowest BCUT2D eigenvalue weighted by Crippen LogP contribution is -2.68. The van der Waals surface area contributed by atoms with Gasteiger partial charge in [-0.25, -0.2) is 9.59 Å². The summed E-state index contributed by atoms with van der Waals surface area (Å²) in [6.45, 7) is 1.81. The highest BCUT2D eigenvalue weighted by Crippen LogP contribution is 2.55. The van der Waals surface area contributed by atoms with E-state index in [2.05, 4.69) is 14.5 Å². The van der Waals surface area contributed by atoms with Crippen LogP contribution in [0.3, 0.4) is 0 Å². The quantitative estimate of drug-likeness (QED) is 0.454. The van der Waals surface area contributed by atoms with Gasteiger partial charge in [-0.1, -0.05) is 18.2 Å². The van der Waals surface area contributed by atoms with Gasteiger partial charge in [0.1, 0.15) is 0 Å². The molecule has 0 aliphatic carbocycles. The molecule has 3 atom stereocenters. The molecular weight excluding hydrogens is 464 g/mol. The fraction of sp³-hybridized carbons (Fsp3) is 0.550. The van der Waals surface area contributed by atoms with Crippen molar-refractivity contribution >= 4 is 23.3 Å². The van der Waals surface area contributed by atoms with Gasteiger partial charge in [-0.15, -0.1) is 0 Å². The third kappa shape index (κ3) is 3.97. The summed E-state index contributed by atoms with van der Waals surface area (Å²) < 4.78 is 92.5. The normalized spacial score (nSPS) is 22.0. The monoisotopic (exact) mass is 485 g/mol. The molecule has 2 N–H and O–H groups in total. The SMILES string of the molecule is CCOC(=O)C(O)(C(F)(F)F)C1(C)C(C[C@@](O)(C(=O)OCC)C(F)(F)F)=Nc2ccccc21. The van der Waals surface area contributed by atoms with Crippen LogP contribution in [0.2, 0.25) is 0 Å². The van der Waals surface area contributed by atoms with E-state index in [-0.39, 0.29) is 5.69 Å². The fourth-order valence-corrected chi connectivity index (χ4v) is 3.65. The average molecular weight is 485 g/mol. The van der Waals surface area contributed by atoms with Gasteiger partial charge >= 0.3 is 24.3 Å². The number of esters is 2. The molecule has 33 heavy (non-hydrogen) atoms. The molecule has 0 saturated carbocycles. The standard InChI is InChI=1S/C20H21F6NO6/c1-4-32-14(28)17(30,19(21,22)23)10-13-16(3,11-8-6-7-9-12(11)27-13)18(31,20(24,25)26)15(29)33-5-2/h6-9,30-31H,4-5,10H2,1-3H3/t16?,17-,18?/m1/s1. The molecule has 0 bridgehead atoms. The van der Waals surface area contributed by atoms with Crippen LogP contribution >= 0.6 is 0 Å². The van der Waals surface area contributed by atoms with Crippen molar-refractivity contribution in [3.63, 3.8) is 0 Å². The van der Waals surface area contributed by atoms with E-state index in [4.69, 9.17) is 0 Å². The predicted molar refractivity (Wildman–Crippen MR) is 101 cm³/mol. The summed E-state index contributed by atoms with van der Waals surface area (Å²) in [6.07, 6.45) is -13.3. The van der Waals surface area contributed by atoms with Crippen LogP contribution in [-0.4, -0.2) is 64.6 Å². The lowest BCUT2D eigenvalue weighted by Gasteiger charge is -2.43. The highest BCUT2D eigenvalue weighted by Gasteiger charge is 2.75. The van der Waals surface area contributed by atoms with Crippen LogP contribution in [0.5, 0.6) is 0 Å². The Hall–Kier alpha value is -2.67. The third-order valence-electron chi connectivity index (χ3n) is 5.49. The Morgan fingerprint density at radius 1 is 0.939 bits per heavy atom. The topological polar surface area (TPSA) is 105 Å². The number of carbonyl (C=O) groups excluding carboxylic acids is 2. The number of hydrogen-bond donors (Lipinski definition) is 2. The maximum Gasteiger partial charge on any atom is 0.429 e. The van der Waals surface area contributed by atoms with Crippen molar-refractivity contribution in [1.82, 2.24) is 0 Å². The van der Waals surface area contributed by atoms with Gasteiger partial charge in [-0.2, -0.15) is 26.3 Å². The second kappa shape index (κ2) is 8.60. The van der Waals surface area contributed by atoms with Gasteiger partial charge in [0.2, 0.25) is 0 Å². The highest BCUT2D eigenvalue weighted by molar-refractivity contribution is 6.09. The number of ether oxygens (including phenoxy) is 2. The second-order valence-corrected chi connectivity index (χ2v) is 7.38. The zero-order valence-corrected chi connectivity index (χ0v) is 17.7. The molecule has 1 aromatic carbocycles. The van der Waals surface area contributed by atoms with Crippen molar-refractivity contribution in [2.45, 2.75) is 56.2 Å². The summed E-state index contributed by atoms with van der Waals surface area (Å²) >= 11 is 0. The summed E-state index contributed by atoms with van der Waals surface area (Å²) in [4.78, 5) is 28.2. The van der Waals surface area contributed by atoms with Gasteiger partial charge in [0, 0.05) is 12.1 Å². The third-order valence-corrected chi connectivity index (χ3v) is 5.49. The Bertz CT molecular complexity index is 961. The minimum atomic E-state index is -5.76. The fourth-order valence-electron chi connectivity index (χ4n) is 3.65. The Labute approximate surface area is 184 Å². The number of aliphatic imine (C=N–C) groups is 1. The number of hydrogen-bond acceptors (Lipinski definition) is 7. The number of para-hydroxylation sites is 1. The first-order valence-electron chi connectivity index (χ1n) is 9.62. The van der Waals surface area contributed by atoms with Crippen molar-refractivity contribution < 1.29 is 55.6 Å². The van der Waals surface area contributed by atoms with Gasteiger partial charge in [0.15, 0.2) is 0 Å². The van der Waals surface area contributed by atoms with Crippen molar-refractivity contribution in [3.8, 4) is 0 Å². The molecule has 2 rings (SSSR count). The molecule has 1 aromatic rings. The van der Waals surface area contributed by atoms with Gasteiger partial charge < -0.3 is 19.7 Å². The van der Waals surface area contributed by atoms with Gasteiger partial charge in [-0.3, -0.25) is 4.99 Å². The molecule has 1 aliphatic rings. The van der Waals surface area contributed by atoms with Crippen LogP contribution in [0.25, 0.3) is 0 Å². The molecule has 0 saturated heterocycles. The van der Waals surface area contributed by atoms with E-state index in [0.717, 1.165) is 26.0 Å².